The molecule has 84 heavy (non-hydrogen) atoms. The van der Waals surface area contributed by atoms with Gasteiger partial charge in [-0.2, -0.15) is 0 Å². The summed E-state index contributed by atoms with van der Waals surface area (Å²) in [5, 5.41) is 171. The minimum absolute atomic E-state index is 0.00114. The molecule has 0 radical (unpaired) electrons. The molecule has 19 unspecified atom stereocenters. The van der Waals surface area contributed by atoms with Gasteiger partial charge in [0.15, 0.2) is 0 Å². The molecule has 5 aliphatic rings. The predicted molar refractivity (Wildman–Crippen MR) is 288 cm³/mol. The van der Waals surface area contributed by atoms with Crippen LogP contribution in [0.2, 0.25) is 0 Å². The van der Waals surface area contributed by atoms with Crippen LogP contribution in [0.5, 0.6) is 51.7 Å². The summed E-state index contributed by atoms with van der Waals surface area (Å²) in [6.07, 6.45) is -24.0. The van der Waals surface area contributed by atoms with Gasteiger partial charge in [0.05, 0.1) is 31.7 Å². The summed E-state index contributed by atoms with van der Waals surface area (Å²) in [6.45, 7) is -2.28. The third-order valence-corrected chi connectivity index (χ3v) is 15.7. The fraction of sp³-hybridized carbons (Fsp3) is 0.367. The molecule has 24 heteroatoms. The number of rotatable bonds is 15. The number of hydrogen-bond donors (Lipinski definition) is 16. The molecular weight excluding hydrogens is 1100 g/mol. The van der Waals surface area contributed by atoms with Gasteiger partial charge in [0.25, 0.3) is 0 Å². The van der Waals surface area contributed by atoms with Crippen molar-refractivity contribution in [1.82, 2.24) is 0 Å². The van der Waals surface area contributed by atoms with Gasteiger partial charge in [-0.25, -0.2) is 0 Å². The zero-order valence-electron chi connectivity index (χ0n) is 44.1. The highest BCUT2D eigenvalue weighted by atomic mass is 16.7. The van der Waals surface area contributed by atoms with Gasteiger partial charge in [0.2, 0.25) is 18.9 Å². The van der Waals surface area contributed by atoms with E-state index in [9.17, 15) is 81.7 Å². The van der Waals surface area contributed by atoms with Crippen molar-refractivity contribution in [2.24, 2.45) is 0 Å². The zero-order valence-corrected chi connectivity index (χ0v) is 44.1. The van der Waals surface area contributed by atoms with E-state index in [0.29, 0.717) is 38.9 Å². The van der Waals surface area contributed by atoms with Gasteiger partial charge < -0.3 is 120 Å². The Hall–Kier alpha value is -7.34. The van der Waals surface area contributed by atoms with Gasteiger partial charge in [0, 0.05) is 29.3 Å². The molecule has 5 heterocycles. The Labute approximate surface area is 477 Å². The van der Waals surface area contributed by atoms with Crippen molar-refractivity contribution < 1.29 is 120 Å². The molecule has 0 aliphatic carbocycles. The average Bonchev–Trinajstić information content (AvgIpc) is 2.02. The number of aliphatic hydroxyl groups is 12. The topological polar surface area (TPSA) is 398 Å². The lowest BCUT2D eigenvalue weighted by atomic mass is 9.75. The van der Waals surface area contributed by atoms with E-state index < -0.39 is 136 Å². The highest BCUT2D eigenvalue weighted by Crippen LogP contribution is 2.60. The van der Waals surface area contributed by atoms with E-state index in [2.05, 4.69) is 0 Å². The molecule has 11 rings (SSSR count). The van der Waals surface area contributed by atoms with Crippen molar-refractivity contribution in [2.75, 3.05) is 19.8 Å². The summed E-state index contributed by atoms with van der Waals surface area (Å²) in [7, 11) is 0. The molecule has 3 saturated heterocycles. The van der Waals surface area contributed by atoms with Crippen LogP contribution in [0.25, 0.3) is 12.2 Å². The van der Waals surface area contributed by atoms with E-state index >= 15 is 0 Å². The molecule has 0 spiro atoms. The Morgan fingerprint density at radius 1 is 0.369 bits per heavy atom. The van der Waals surface area contributed by atoms with Crippen molar-refractivity contribution in [3.8, 4) is 51.7 Å². The van der Waals surface area contributed by atoms with Gasteiger partial charge in [-0.05, 0) is 94.0 Å². The second kappa shape index (κ2) is 24.0. The van der Waals surface area contributed by atoms with E-state index in [-0.39, 0.29) is 57.3 Å². The van der Waals surface area contributed by atoms with Crippen LogP contribution < -0.4 is 23.7 Å². The molecule has 3 fully saturated rings. The molecular formula is C60H62O24. The summed E-state index contributed by atoms with van der Waals surface area (Å²) in [5.41, 5.74) is 3.39. The number of phenolic OH excluding ortho intramolecular Hbond substituents is 4. The third kappa shape index (κ3) is 11.3. The second-order valence-corrected chi connectivity index (χ2v) is 21.2. The van der Waals surface area contributed by atoms with Crippen LogP contribution in [0.3, 0.4) is 0 Å². The van der Waals surface area contributed by atoms with E-state index in [4.69, 9.17) is 37.9 Å². The Kier molecular flexibility index (Phi) is 16.7. The van der Waals surface area contributed by atoms with Crippen LogP contribution in [-0.2, 0) is 14.2 Å². The summed E-state index contributed by atoms with van der Waals surface area (Å²) >= 11 is 0. The molecule has 5 aliphatic heterocycles. The minimum Gasteiger partial charge on any atom is -0.508 e. The SMILES string of the molecule is OCC1OC(Oc2cc(O)cc(C3c4c(cc(OC5OC(CO)C(O)C(O)C5O)cc4C4c5c(/C=C/c6ccc(O)cc6)cc(OC6OC(CO)C(O)C(O)C6O)cc5OC4c4ccc(O)cc4)OC3c3ccc(O)cc3)c2)C(O)C(O)C1O. The Bertz CT molecular complexity index is 3300. The number of aliphatic hydroxyl groups excluding tert-OH is 12. The predicted octanol–water partition coefficient (Wildman–Crippen LogP) is 0.747. The van der Waals surface area contributed by atoms with Crippen LogP contribution in [0.1, 0.15) is 68.6 Å². The van der Waals surface area contributed by atoms with Gasteiger partial charge in [-0.3, -0.25) is 0 Å². The number of hydrogen-bond acceptors (Lipinski definition) is 24. The summed E-state index contributed by atoms with van der Waals surface area (Å²) in [5.74, 6) is -2.56. The molecule has 0 amide bonds. The van der Waals surface area contributed by atoms with E-state index in [1.165, 1.54) is 66.7 Å². The zero-order chi connectivity index (χ0) is 59.4. The minimum atomic E-state index is -1.88. The molecule has 24 nitrogen and oxygen atoms in total. The first kappa shape index (κ1) is 58.4. The summed E-state index contributed by atoms with van der Waals surface area (Å²) in [4.78, 5) is 0. The third-order valence-electron chi connectivity index (χ3n) is 15.7. The molecule has 6 aromatic carbocycles. The fourth-order valence-electron chi connectivity index (χ4n) is 11.4. The van der Waals surface area contributed by atoms with Gasteiger partial charge >= 0.3 is 0 Å². The highest BCUT2D eigenvalue weighted by molar-refractivity contribution is 5.76. The van der Waals surface area contributed by atoms with E-state index in [0.717, 1.165) is 0 Å². The van der Waals surface area contributed by atoms with Crippen LogP contribution in [-0.4, -0.2) is 194 Å². The lowest BCUT2D eigenvalue weighted by Crippen LogP contribution is -2.60. The largest absolute Gasteiger partial charge is 0.508 e. The molecule has 0 bridgehead atoms. The number of ether oxygens (including phenoxy) is 8. The van der Waals surface area contributed by atoms with Crippen molar-refractivity contribution >= 4 is 12.2 Å². The first-order valence-corrected chi connectivity index (χ1v) is 26.8. The van der Waals surface area contributed by atoms with Crippen LogP contribution in [0, 0.1) is 0 Å². The van der Waals surface area contributed by atoms with Gasteiger partial charge in [-0.15, -0.1) is 0 Å². The van der Waals surface area contributed by atoms with Crippen LogP contribution >= 0.6 is 0 Å². The Morgan fingerprint density at radius 3 is 1.23 bits per heavy atom. The first-order chi connectivity index (χ1) is 40.3. The first-order valence-electron chi connectivity index (χ1n) is 26.8. The van der Waals surface area contributed by atoms with Crippen molar-refractivity contribution in [2.45, 2.75) is 116 Å². The lowest BCUT2D eigenvalue weighted by Gasteiger charge is -2.39. The van der Waals surface area contributed by atoms with Gasteiger partial charge in [0.1, 0.15) is 137 Å². The molecule has 0 aromatic heterocycles. The maximum atomic E-state index is 11.6. The quantitative estimate of drug-likeness (QED) is 0.0631. The van der Waals surface area contributed by atoms with Crippen LogP contribution in [0.15, 0.2) is 115 Å². The molecule has 16 N–H and O–H groups in total. The van der Waals surface area contributed by atoms with E-state index in [1.54, 1.807) is 60.7 Å². The summed E-state index contributed by atoms with van der Waals surface area (Å²) in [6, 6.07) is 28.7. The maximum Gasteiger partial charge on any atom is 0.229 e. The molecule has 6 aromatic rings. The van der Waals surface area contributed by atoms with Crippen molar-refractivity contribution in [3.05, 3.63) is 160 Å². The highest BCUT2D eigenvalue weighted by Gasteiger charge is 2.50. The average molecular weight is 1170 g/mol. The van der Waals surface area contributed by atoms with Crippen molar-refractivity contribution in [1.29, 1.82) is 0 Å². The lowest BCUT2D eigenvalue weighted by molar-refractivity contribution is -0.277. The van der Waals surface area contributed by atoms with E-state index in [1.807, 2.05) is 0 Å². The second-order valence-electron chi connectivity index (χ2n) is 21.2. The normalized spacial score (nSPS) is 32.7. The Balaban J connectivity index is 1.14. The number of benzene rings is 6. The van der Waals surface area contributed by atoms with Crippen molar-refractivity contribution in [3.63, 3.8) is 0 Å². The van der Waals surface area contributed by atoms with Crippen LogP contribution in [0.4, 0.5) is 0 Å². The maximum absolute atomic E-state index is 11.6. The molecule has 19 atom stereocenters. The molecule has 446 valence electrons. The fourth-order valence-corrected chi connectivity index (χ4v) is 11.4. The van der Waals surface area contributed by atoms with Gasteiger partial charge in [-0.1, -0.05) is 48.6 Å². The number of aromatic hydroxyl groups is 4. The monoisotopic (exact) mass is 1170 g/mol. The molecule has 0 saturated carbocycles. The Morgan fingerprint density at radius 2 is 0.774 bits per heavy atom. The standard InChI is InChI=1S/C60H62O24/c61-22-40-47(68)50(71)53(74)58(82-40)77-34-17-29(15-33(67)18-34)44-45-37(19-36(79-60-55(76)52(73)49(70)42(24-63)84-60)21-39(45)81-56(44)26-5-11-31(65)12-6-26)46-43-28(4-1-25-2-9-30(64)10-3-25)16-35(78-59-54(75)51(72)48(69)41(23-62)83-59)20-38(43)80-57(46)27-7-13-32(66)14-8-27/h1-21,40-42,44,46-76H,22-24H2/b4-1+. The number of fused-ring (bicyclic) bond motifs is 2. The summed E-state index contributed by atoms with van der Waals surface area (Å²) < 4.78 is 50.0. The smallest absolute Gasteiger partial charge is 0.229 e. The number of phenols is 4.